The Kier molecular flexibility index (Phi) is 6.33. The number of hydrogen-bond donors (Lipinski definition) is 0. The van der Waals surface area contributed by atoms with E-state index in [1.165, 1.54) is 0 Å². The molecule has 136 valence electrons. The molecule has 2 aromatic rings. The van der Waals surface area contributed by atoms with Crippen molar-refractivity contribution in [2.75, 3.05) is 18.0 Å². The molecule has 3 nitrogen and oxygen atoms in total. The molecule has 1 atom stereocenters. The molecule has 1 aliphatic rings. The van der Waals surface area contributed by atoms with E-state index in [2.05, 4.69) is 6.92 Å². The van der Waals surface area contributed by atoms with E-state index < -0.39 is 0 Å². The first-order valence-electron chi connectivity index (χ1n) is 8.88. The summed E-state index contributed by atoms with van der Waals surface area (Å²) < 4.78 is 0. The standard InChI is InChI=1S/C21H22Cl2N2O/c1-15-2-11-21(24-13-12-15)25(19-9-7-18(23)8-10-19)14-20(26)16-3-5-17(22)6-4-16/h3-10,15H,2,11-14H2,1H3. The molecule has 3 rings (SSSR count). The molecule has 0 saturated carbocycles. The van der Waals surface area contributed by atoms with E-state index in [4.69, 9.17) is 28.2 Å². The summed E-state index contributed by atoms with van der Waals surface area (Å²) in [5, 5.41) is 1.30. The SMILES string of the molecule is CC1CCN=C(N(CC(=O)c2ccc(Cl)cc2)c2ccc(Cl)cc2)CC1. The van der Waals surface area contributed by atoms with Gasteiger partial charge in [0.05, 0.1) is 6.54 Å². The monoisotopic (exact) mass is 388 g/mol. The highest BCUT2D eigenvalue weighted by Gasteiger charge is 2.21. The molecule has 1 heterocycles. The maximum absolute atomic E-state index is 12.8. The molecule has 0 N–H and O–H groups in total. The van der Waals surface area contributed by atoms with Gasteiger partial charge in [-0.3, -0.25) is 9.79 Å². The highest BCUT2D eigenvalue weighted by atomic mass is 35.5. The van der Waals surface area contributed by atoms with Crippen LogP contribution in [0.5, 0.6) is 0 Å². The Hall–Kier alpha value is -1.84. The zero-order valence-electron chi connectivity index (χ0n) is 14.8. The van der Waals surface area contributed by atoms with Gasteiger partial charge in [-0.05, 0) is 67.3 Å². The van der Waals surface area contributed by atoms with Crippen molar-refractivity contribution in [3.63, 3.8) is 0 Å². The van der Waals surface area contributed by atoms with Crippen molar-refractivity contribution in [1.29, 1.82) is 0 Å². The minimum Gasteiger partial charge on any atom is -0.322 e. The van der Waals surface area contributed by atoms with Gasteiger partial charge >= 0.3 is 0 Å². The van der Waals surface area contributed by atoms with Crippen LogP contribution in [0.4, 0.5) is 5.69 Å². The van der Waals surface area contributed by atoms with Gasteiger partial charge in [0.1, 0.15) is 5.84 Å². The Morgan fingerprint density at radius 2 is 1.65 bits per heavy atom. The van der Waals surface area contributed by atoms with Gasteiger partial charge in [-0.1, -0.05) is 30.1 Å². The first-order valence-corrected chi connectivity index (χ1v) is 9.63. The van der Waals surface area contributed by atoms with Crippen molar-refractivity contribution in [3.05, 3.63) is 64.1 Å². The Morgan fingerprint density at radius 1 is 1.04 bits per heavy atom. The Balaban J connectivity index is 1.87. The van der Waals surface area contributed by atoms with Crippen LogP contribution in [0, 0.1) is 5.92 Å². The van der Waals surface area contributed by atoms with E-state index in [1.54, 1.807) is 24.3 Å². The molecule has 0 fully saturated rings. The molecule has 5 heteroatoms. The number of halogens is 2. The second-order valence-corrected chi connectivity index (χ2v) is 7.60. The van der Waals surface area contributed by atoms with Crippen LogP contribution in [-0.2, 0) is 0 Å². The molecule has 0 radical (unpaired) electrons. The normalized spacial score (nSPS) is 17.3. The van der Waals surface area contributed by atoms with Crippen LogP contribution >= 0.6 is 23.2 Å². The summed E-state index contributed by atoms with van der Waals surface area (Å²) >= 11 is 12.0. The van der Waals surface area contributed by atoms with Gasteiger partial charge in [0.2, 0.25) is 0 Å². The number of Topliss-reactive ketones (excluding diaryl/α,β-unsaturated/α-hetero) is 1. The third-order valence-corrected chi connectivity index (χ3v) is 5.20. The molecule has 0 amide bonds. The van der Waals surface area contributed by atoms with Crippen LogP contribution < -0.4 is 4.90 Å². The van der Waals surface area contributed by atoms with Gasteiger partial charge in [-0.25, -0.2) is 0 Å². The number of ketones is 1. The lowest BCUT2D eigenvalue weighted by Gasteiger charge is -2.26. The second-order valence-electron chi connectivity index (χ2n) is 6.72. The lowest BCUT2D eigenvalue weighted by atomic mass is 10.0. The average molecular weight is 389 g/mol. The fraction of sp³-hybridized carbons (Fsp3) is 0.333. The summed E-state index contributed by atoms with van der Waals surface area (Å²) in [6.07, 6.45) is 3.04. The summed E-state index contributed by atoms with van der Waals surface area (Å²) in [4.78, 5) is 19.6. The van der Waals surface area contributed by atoms with Crippen LogP contribution in [0.2, 0.25) is 10.0 Å². The lowest BCUT2D eigenvalue weighted by Crippen LogP contribution is -2.36. The number of anilines is 1. The van der Waals surface area contributed by atoms with E-state index in [1.807, 2.05) is 29.2 Å². The van der Waals surface area contributed by atoms with Crippen LogP contribution in [0.1, 0.15) is 36.5 Å². The van der Waals surface area contributed by atoms with Crippen molar-refractivity contribution >= 4 is 40.5 Å². The summed E-state index contributed by atoms with van der Waals surface area (Å²) in [6.45, 7) is 3.30. The summed E-state index contributed by atoms with van der Waals surface area (Å²) in [5.74, 6) is 1.66. The van der Waals surface area contributed by atoms with Crippen molar-refractivity contribution in [2.24, 2.45) is 10.9 Å². The molecule has 2 aromatic carbocycles. The van der Waals surface area contributed by atoms with E-state index in [9.17, 15) is 4.79 Å². The quantitative estimate of drug-likeness (QED) is 0.610. The largest absolute Gasteiger partial charge is 0.322 e. The predicted molar refractivity (Wildman–Crippen MR) is 110 cm³/mol. The van der Waals surface area contributed by atoms with Crippen LogP contribution in [0.25, 0.3) is 0 Å². The van der Waals surface area contributed by atoms with Crippen molar-refractivity contribution in [3.8, 4) is 0 Å². The highest BCUT2D eigenvalue weighted by Crippen LogP contribution is 2.24. The molecule has 1 aliphatic heterocycles. The molecular weight excluding hydrogens is 367 g/mol. The molecule has 0 spiro atoms. The zero-order chi connectivity index (χ0) is 18.5. The van der Waals surface area contributed by atoms with Crippen LogP contribution in [-0.4, -0.2) is 24.7 Å². The van der Waals surface area contributed by atoms with Gasteiger partial charge < -0.3 is 4.90 Å². The second kappa shape index (κ2) is 8.70. The summed E-state index contributed by atoms with van der Waals surface area (Å²) in [6, 6.07) is 14.6. The minimum absolute atomic E-state index is 0.0385. The summed E-state index contributed by atoms with van der Waals surface area (Å²) in [7, 11) is 0. The molecular formula is C21H22Cl2N2O. The number of amidine groups is 1. The van der Waals surface area contributed by atoms with Crippen molar-refractivity contribution in [2.45, 2.75) is 26.2 Å². The Bertz CT molecular complexity index is 785. The maximum Gasteiger partial charge on any atom is 0.182 e. The number of carbonyl (C=O) groups excluding carboxylic acids is 1. The third kappa shape index (κ3) is 4.87. The Morgan fingerprint density at radius 3 is 2.31 bits per heavy atom. The Labute approximate surface area is 164 Å². The van der Waals surface area contributed by atoms with E-state index in [0.29, 0.717) is 21.5 Å². The third-order valence-electron chi connectivity index (χ3n) is 4.69. The molecule has 0 saturated heterocycles. The first kappa shape index (κ1) is 18.9. The number of aliphatic imine (C=N–C) groups is 1. The molecule has 26 heavy (non-hydrogen) atoms. The smallest absolute Gasteiger partial charge is 0.182 e. The fourth-order valence-corrected chi connectivity index (χ4v) is 3.31. The average Bonchev–Trinajstić information content (AvgIpc) is 2.85. The van der Waals surface area contributed by atoms with Gasteiger partial charge in [0, 0.05) is 34.3 Å². The van der Waals surface area contributed by atoms with Gasteiger partial charge in [-0.15, -0.1) is 0 Å². The first-order chi connectivity index (χ1) is 12.5. The van der Waals surface area contributed by atoms with Gasteiger partial charge in [0.25, 0.3) is 0 Å². The van der Waals surface area contributed by atoms with E-state index in [-0.39, 0.29) is 12.3 Å². The number of benzene rings is 2. The number of rotatable bonds is 4. The number of nitrogens with zero attached hydrogens (tertiary/aromatic N) is 2. The van der Waals surface area contributed by atoms with Crippen LogP contribution in [0.3, 0.4) is 0 Å². The molecule has 0 bridgehead atoms. The molecule has 0 aromatic heterocycles. The molecule has 0 aliphatic carbocycles. The topological polar surface area (TPSA) is 32.7 Å². The zero-order valence-corrected chi connectivity index (χ0v) is 16.3. The van der Waals surface area contributed by atoms with Crippen molar-refractivity contribution < 1.29 is 4.79 Å². The highest BCUT2D eigenvalue weighted by molar-refractivity contribution is 6.31. The van der Waals surface area contributed by atoms with Crippen LogP contribution in [0.15, 0.2) is 53.5 Å². The summed E-state index contributed by atoms with van der Waals surface area (Å²) in [5.41, 5.74) is 1.58. The van der Waals surface area contributed by atoms with Crippen molar-refractivity contribution in [1.82, 2.24) is 0 Å². The fourth-order valence-electron chi connectivity index (χ4n) is 3.06. The van der Waals surface area contributed by atoms with Gasteiger partial charge in [-0.2, -0.15) is 0 Å². The number of hydrogen-bond acceptors (Lipinski definition) is 3. The van der Waals surface area contributed by atoms with Gasteiger partial charge in [0.15, 0.2) is 5.78 Å². The minimum atomic E-state index is 0.0385. The number of carbonyl (C=O) groups is 1. The molecule has 1 unspecified atom stereocenters. The maximum atomic E-state index is 12.8. The predicted octanol–water partition coefficient (Wildman–Crippen LogP) is 5.90. The lowest BCUT2D eigenvalue weighted by molar-refractivity contribution is 0.100. The van der Waals surface area contributed by atoms with E-state index in [0.717, 1.165) is 37.3 Å². The van der Waals surface area contributed by atoms with E-state index >= 15 is 0 Å².